The van der Waals surface area contributed by atoms with E-state index in [1.54, 1.807) is 11.6 Å². The third-order valence-electron chi connectivity index (χ3n) is 3.86. The maximum absolute atomic E-state index is 11.9. The molecule has 0 spiro atoms. The monoisotopic (exact) mass is 404 g/mol. The van der Waals surface area contributed by atoms with E-state index < -0.39 is 20.4 Å². The molecular formula is C17H16N4O4S2. The Kier molecular flexibility index (Phi) is 5.03. The van der Waals surface area contributed by atoms with Crippen molar-refractivity contribution in [1.82, 2.24) is 14.8 Å². The van der Waals surface area contributed by atoms with Crippen molar-refractivity contribution in [1.29, 1.82) is 0 Å². The minimum atomic E-state index is -3.74. The highest BCUT2D eigenvalue weighted by Crippen LogP contribution is 2.38. The highest BCUT2D eigenvalue weighted by molar-refractivity contribution is 7.99. The summed E-state index contributed by atoms with van der Waals surface area (Å²) in [6, 6.07) is 11.9. The number of hydrogen-bond donors (Lipinski definition) is 0. The lowest BCUT2D eigenvalue weighted by atomic mass is 10.1. The normalized spacial score (nSPS) is 11.5. The number of sulfone groups is 1. The molecule has 0 aliphatic heterocycles. The molecule has 3 rings (SSSR count). The third kappa shape index (κ3) is 3.86. The molecule has 0 saturated carbocycles. The Balaban J connectivity index is 2.06. The number of benzene rings is 2. The third-order valence-corrected chi connectivity index (χ3v) is 6.07. The van der Waals surface area contributed by atoms with Crippen LogP contribution in [0.2, 0.25) is 0 Å². The van der Waals surface area contributed by atoms with Crippen LogP contribution in [-0.4, -0.2) is 34.4 Å². The summed E-state index contributed by atoms with van der Waals surface area (Å²) in [5.74, 6) is 0.614. The van der Waals surface area contributed by atoms with Gasteiger partial charge >= 0.3 is 5.69 Å². The van der Waals surface area contributed by atoms with Crippen LogP contribution in [0.3, 0.4) is 0 Å². The Labute approximate surface area is 160 Å². The molecule has 1 aromatic heterocycles. The van der Waals surface area contributed by atoms with Gasteiger partial charge < -0.3 is 4.57 Å². The van der Waals surface area contributed by atoms with Crippen LogP contribution in [0.5, 0.6) is 0 Å². The molecule has 0 N–H and O–H groups in total. The number of nitrogens with zero attached hydrogens (tertiary/aromatic N) is 4. The van der Waals surface area contributed by atoms with Crippen LogP contribution in [0.4, 0.5) is 5.69 Å². The van der Waals surface area contributed by atoms with E-state index >= 15 is 0 Å². The van der Waals surface area contributed by atoms with Gasteiger partial charge in [0.1, 0.15) is 4.90 Å². The van der Waals surface area contributed by atoms with Gasteiger partial charge in [-0.3, -0.25) is 10.1 Å². The SMILES string of the molecule is Cc1cccc(-c2nnc(Sc3cccc(S(C)(=O)=O)c3[N+](=O)[O-])n2C)c1. The fraction of sp³-hybridized carbons (Fsp3) is 0.176. The Bertz CT molecular complexity index is 1140. The molecule has 1 heterocycles. The van der Waals surface area contributed by atoms with E-state index in [4.69, 9.17) is 0 Å². The average Bonchev–Trinajstić information content (AvgIpc) is 2.94. The van der Waals surface area contributed by atoms with Crippen molar-refractivity contribution in [2.75, 3.05) is 6.26 Å². The summed E-state index contributed by atoms with van der Waals surface area (Å²) in [6.45, 7) is 1.97. The van der Waals surface area contributed by atoms with Crippen LogP contribution in [-0.2, 0) is 16.9 Å². The topological polar surface area (TPSA) is 108 Å². The number of nitro groups is 1. The number of aryl methyl sites for hydroxylation is 1. The summed E-state index contributed by atoms with van der Waals surface area (Å²) >= 11 is 1.00. The number of para-hydroxylation sites is 1. The summed E-state index contributed by atoms with van der Waals surface area (Å²) in [6.07, 6.45) is 0.946. The van der Waals surface area contributed by atoms with Gasteiger partial charge in [-0.2, -0.15) is 0 Å². The van der Waals surface area contributed by atoms with Crippen LogP contribution in [0.15, 0.2) is 57.4 Å². The van der Waals surface area contributed by atoms with Crippen molar-refractivity contribution in [3.63, 3.8) is 0 Å². The molecule has 140 valence electrons. The van der Waals surface area contributed by atoms with Gasteiger partial charge in [0.05, 0.1) is 9.82 Å². The maximum Gasteiger partial charge on any atom is 0.301 e. The van der Waals surface area contributed by atoms with Crippen molar-refractivity contribution in [2.45, 2.75) is 21.9 Å². The van der Waals surface area contributed by atoms with Gasteiger partial charge in [0.2, 0.25) is 0 Å². The molecule has 0 fully saturated rings. The van der Waals surface area contributed by atoms with Crippen LogP contribution in [0.1, 0.15) is 5.56 Å². The molecule has 0 saturated heterocycles. The van der Waals surface area contributed by atoms with Crippen LogP contribution in [0, 0.1) is 17.0 Å². The van der Waals surface area contributed by atoms with Gasteiger partial charge in [-0.1, -0.05) is 29.8 Å². The van der Waals surface area contributed by atoms with Gasteiger partial charge in [0.15, 0.2) is 20.8 Å². The molecular weight excluding hydrogens is 388 g/mol. The maximum atomic E-state index is 11.9. The molecule has 0 unspecified atom stereocenters. The largest absolute Gasteiger partial charge is 0.305 e. The second-order valence-electron chi connectivity index (χ2n) is 5.97. The molecule has 0 bridgehead atoms. The van der Waals surface area contributed by atoms with Crippen molar-refractivity contribution >= 4 is 27.3 Å². The second kappa shape index (κ2) is 7.12. The lowest BCUT2D eigenvalue weighted by Gasteiger charge is -2.07. The summed E-state index contributed by atoms with van der Waals surface area (Å²) in [7, 11) is -1.99. The lowest BCUT2D eigenvalue weighted by molar-refractivity contribution is -0.390. The van der Waals surface area contributed by atoms with Crippen molar-refractivity contribution in [3.8, 4) is 11.4 Å². The molecule has 8 nitrogen and oxygen atoms in total. The van der Waals surface area contributed by atoms with Crippen LogP contribution >= 0.6 is 11.8 Å². The summed E-state index contributed by atoms with van der Waals surface area (Å²) < 4.78 is 25.5. The minimum Gasteiger partial charge on any atom is -0.305 e. The molecule has 0 radical (unpaired) electrons. The molecule has 0 aliphatic carbocycles. The van der Waals surface area contributed by atoms with E-state index in [1.165, 1.54) is 18.2 Å². The van der Waals surface area contributed by atoms with E-state index in [0.29, 0.717) is 11.0 Å². The molecule has 3 aromatic rings. The van der Waals surface area contributed by atoms with Gasteiger partial charge in [0.25, 0.3) is 0 Å². The van der Waals surface area contributed by atoms with Crippen LogP contribution in [0.25, 0.3) is 11.4 Å². The van der Waals surface area contributed by atoms with E-state index in [0.717, 1.165) is 29.1 Å². The molecule has 27 heavy (non-hydrogen) atoms. The van der Waals surface area contributed by atoms with E-state index in [1.807, 2.05) is 31.2 Å². The smallest absolute Gasteiger partial charge is 0.301 e. The quantitative estimate of drug-likeness (QED) is 0.474. The van der Waals surface area contributed by atoms with Gasteiger partial charge in [-0.25, -0.2) is 8.42 Å². The zero-order valence-electron chi connectivity index (χ0n) is 14.8. The Morgan fingerprint density at radius 1 is 1.15 bits per heavy atom. The van der Waals surface area contributed by atoms with E-state index in [-0.39, 0.29) is 9.79 Å². The van der Waals surface area contributed by atoms with Gasteiger partial charge in [0, 0.05) is 18.9 Å². The highest BCUT2D eigenvalue weighted by Gasteiger charge is 2.27. The van der Waals surface area contributed by atoms with Gasteiger partial charge in [-0.15, -0.1) is 10.2 Å². The van der Waals surface area contributed by atoms with Crippen LogP contribution < -0.4 is 0 Å². The number of hydrogen-bond acceptors (Lipinski definition) is 7. The second-order valence-corrected chi connectivity index (χ2v) is 8.96. The highest BCUT2D eigenvalue weighted by atomic mass is 32.2. The Morgan fingerprint density at radius 2 is 1.85 bits per heavy atom. The molecule has 0 atom stereocenters. The number of nitro benzene ring substituents is 1. The predicted molar refractivity (Wildman–Crippen MR) is 102 cm³/mol. The van der Waals surface area contributed by atoms with Crippen molar-refractivity contribution in [3.05, 3.63) is 58.1 Å². The zero-order valence-corrected chi connectivity index (χ0v) is 16.4. The van der Waals surface area contributed by atoms with Crippen molar-refractivity contribution < 1.29 is 13.3 Å². The minimum absolute atomic E-state index is 0.189. The standard InChI is InChI=1S/C17H16N4O4S2/c1-11-6-4-7-12(10-11)16-18-19-17(20(16)2)26-13-8-5-9-14(27(3,24)25)15(13)21(22)23/h4-10H,1-3H3. The zero-order chi connectivity index (χ0) is 19.8. The van der Waals surface area contributed by atoms with E-state index in [2.05, 4.69) is 10.2 Å². The summed E-state index contributed by atoms with van der Waals surface area (Å²) in [5, 5.41) is 20.2. The lowest BCUT2D eigenvalue weighted by Crippen LogP contribution is -2.04. The molecule has 0 amide bonds. The Hall–Kier alpha value is -2.72. The number of rotatable bonds is 5. The van der Waals surface area contributed by atoms with E-state index in [9.17, 15) is 18.5 Å². The van der Waals surface area contributed by atoms with Gasteiger partial charge in [-0.05, 0) is 36.9 Å². The first-order valence-corrected chi connectivity index (χ1v) is 10.5. The first kappa shape index (κ1) is 19.1. The molecule has 2 aromatic carbocycles. The summed E-state index contributed by atoms with van der Waals surface area (Å²) in [5.41, 5.74) is 1.49. The first-order chi connectivity index (χ1) is 12.7. The fourth-order valence-corrected chi connectivity index (χ4v) is 4.46. The summed E-state index contributed by atoms with van der Waals surface area (Å²) in [4.78, 5) is 10.7. The number of aromatic nitrogens is 3. The Morgan fingerprint density at radius 3 is 2.48 bits per heavy atom. The fourth-order valence-electron chi connectivity index (χ4n) is 2.60. The van der Waals surface area contributed by atoms with Crippen molar-refractivity contribution in [2.24, 2.45) is 7.05 Å². The molecule has 0 aliphatic rings. The molecule has 10 heteroatoms. The predicted octanol–water partition coefficient (Wildman–Crippen LogP) is 3.25. The first-order valence-electron chi connectivity index (χ1n) is 7.80. The average molecular weight is 404 g/mol.